The molecule has 37 heavy (non-hydrogen) atoms. The Morgan fingerprint density at radius 3 is 2.59 bits per heavy atom. The van der Waals surface area contributed by atoms with E-state index in [2.05, 4.69) is 91.1 Å². The van der Waals surface area contributed by atoms with E-state index in [4.69, 9.17) is 9.47 Å². The summed E-state index contributed by atoms with van der Waals surface area (Å²) in [6.07, 6.45) is 3.15. The molecule has 4 nitrogen and oxygen atoms in total. The smallest absolute Gasteiger partial charge is 0.338 e. The van der Waals surface area contributed by atoms with Gasteiger partial charge >= 0.3 is 5.97 Å². The molecule has 1 heterocycles. The van der Waals surface area contributed by atoms with Crippen LogP contribution in [0.2, 0.25) is 0 Å². The second-order valence-electron chi connectivity index (χ2n) is 10.4. The molecule has 0 radical (unpaired) electrons. The Hall–Kier alpha value is -3.63. The van der Waals surface area contributed by atoms with Crippen LogP contribution in [-0.4, -0.2) is 25.7 Å². The molecule has 1 fully saturated rings. The highest BCUT2D eigenvalue weighted by Gasteiger charge is 2.33. The first kappa shape index (κ1) is 23.7. The zero-order chi connectivity index (χ0) is 25.4. The van der Waals surface area contributed by atoms with Crippen molar-refractivity contribution in [3.05, 3.63) is 113 Å². The minimum Gasteiger partial charge on any atom is -0.489 e. The summed E-state index contributed by atoms with van der Waals surface area (Å²) in [4.78, 5) is 12.7. The predicted molar refractivity (Wildman–Crippen MR) is 147 cm³/mol. The quantitative estimate of drug-likeness (QED) is 0.279. The van der Waals surface area contributed by atoms with Crippen molar-refractivity contribution in [2.45, 2.75) is 50.2 Å². The lowest BCUT2D eigenvalue weighted by Gasteiger charge is -2.33. The molecule has 3 atom stereocenters. The molecule has 6 rings (SSSR count). The highest BCUT2D eigenvalue weighted by Crippen LogP contribution is 2.45. The summed E-state index contributed by atoms with van der Waals surface area (Å²) in [5.74, 6) is 1.32. The Kier molecular flexibility index (Phi) is 6.43. The number of rotatable bonds is 7. The first-order valence-corrected chi connectivity index (χ1v) is 13.3. The zero-order valence-electron chi connectivity index (χ0n) is 21.4. The number of carbonyl (C=O) groups is 1. The first-order chi connectivity index (χ1) is 18.1. The first-order valence-electron chi connectivity index (χ1n) is 13.3. The summed E-state index contributed by atoms with van der Waals surface area (Å²) in [5, 5.41) is 6.27. The molecule has 1 aliphatic carbocycles. The van der Waals surface area contributed by atoms with Gasteiger partial charge in [-0.25, -0.2) is 4.79 Å². The lowest BCUT2D eigenvalue weighted by molar-refractivity contribution is 0.0599. The molecule has 0 saturated heterocycles. The third-order valence-electron chi connectivity index (χ3n) is 7.93. The molecule has 4 aromatic carbocycles. The summed E-state index contributed by atoms with van der Waals surface area (Å²) < 4.78 is 11.6. The van der Waals surface area contributed by atoms with Gasteiger partial charge in [0.25, 0.3) is 0 Å². The predicted octanol–water partition coefficient (Wildman–Crippen LogP) is 7.14. The van der Waals surface area contributed by atoms with Gasteiger partial charge in [-0.3, -0.25) is 0 Å². The number of hydrogen-bond donors (Lipinski definition) is 1. The molecular weight excluding hydrogens is 458 g/mol. The number of methoxy groups -OCH3 is 1. The number of para-hydroxylation sites is 1. The van der Waals surface area contributed by atoms with Crippen molar-refractivity contribution in [3.8, 4) is 5.75 Å². The fraction of sp³-hybridized carbons (Fsp3) is 0.303. The van der Waals surface area contributed by atoms with Crippen LogP contribution in [0, 0.1) is 0 Å². The van der Waals surface area contributed by atoms with Crippen molar-refractivity contribution in [1.29, 1.82) is 0 Å². The highest BCUT2D eigenvalue weighted by atomic mass is 16.5. The van der Waals surface area contributed by atoms with Gasteiger partial charge in [0.1, 0.15) is 11.9 Å². The fourth-order valence-corrected chi connectivity index (χ4v) is 5.81. The Labute approximate surface area is 218 Å². The summed E-state index contributed by atoms with van der Waals surface area (Å²) in [7, 11) is 1.47. The van der Waals surface area contributed by atoms with E-state index in [1.54, 1.807) is 0 Å². The van der Waals surface area contributed by atoms with Gasteiger partial charge in [-0.05, 0) is 71.7 Å². The van der Waals surface area contributed by atoms with E-state index in [1.165, 1.54) is 29.0 Å². The second-order valence-corrected chi connectivity index (χ2v) is 10.4. The van der Waals surface area contributed by atoms with Gasteiger partial charge in [-0.15, -0.1) is 0 Å². The minimum atomic E-state index is -0.244. The maximum atomic E-state index is 12.7. The maximum Gasteiger partial charge on any atom is 0.338 e. The van der Waals surface area contributed by atoms with E-state index < -0.39 is 0 Å². The van der Waals surface area contributed by atoms with Gasteiger partial charge in [0.15, 0.2) is 0 Å². The average molecular weight is 492 g/mol. The Balaban J connectivity index is 1.26. The van der Waals surface area contributed by atoms with Gasteiger partial charge in [-0.1, -0.05) is 72.8 Å². The Bertz CT molecular complexity index is 1440. The zero-order valence-corrected chi connectivity index (χ0v) is 21.4. The lowest BCUT2D eigenvalue weighted by Crippen LogP contribution is -2.37. The number of nitrogens with one attached hydrogen (secondary N) is 1. The molecule has 1 unspecified atom stereocenters. The molecule has 2 aliphatic rings. The standard InChI is InChI=1S/C33H33NO3/c1-21(26-12-7-9-22-8-3-4-10-27(22)26)34-20-25-19-30(29-11-5-6-13-32(29)37-25)24-16-17-28(23-14-15-23)31(18-24)33(35)36-2/h3-13,16-18,21,23,25,30,34H,14-15,19-20H2,1-2H3/t21?,25-,30+/m1/s1. The molecule has 4 heteroatoms. The van der Waals surface area contributed by atoms with Crippen molar-refractivity contribution in [2.75, 3.05) is 13.7 Å². The van der Waals surface area contributed by atoms with Crippen LogP contribution in [0.1, 0.15) is 76.7 Å². The second kappa shape index (κ2) is 10.0. The summed E-state index contributed by atoms with van der Waals surface area (Å²) in [6.45, 7) is 2.95. The molecule has 0 spiro atoms. The highest BCUT2D eigenvalue weighted by molar-refractivity contribution is 5.91. The number of hydrogen-bond acceptors (Lipinski definition) is 4. The van der Waals surface area contributed by atoms with Crippen LogP contribution in [0.15, 0.2) is 84.9 Å². The van der Waals surface area contributed by atoms with Crippen LogP contribution in [0.25, 0.3) is 10.8 Å². The van der Waals surface area contributed by atoms with E-state index in [0.29, 0.717) is 11.5 Å². The summed E-state index contributed by atoms with van der Waals surface area (Å²) in [6, 6.07) is 29.9. The fourth-order valence-electron chi connectivity index (χ4n) is 5.81. The van der Waals surface area contributed by atoms with Crippen LogP contribution < -0.4 is 10.1 Å². The molecule has 1 aliphatic heterocycles. The molecule has 4 aromatic rings. The van der Waals surface area contributed by atoms with E-state index in [1.807, 2.05) is 6.07 Å². The van der Waals surface area contributed by atoms with Crippen molar-refractivity contribution in [1.82, 2.24) is 5.32 Å². The number of esters is 1. The van der Waals surface area contributed by atoms with Gasteiger partial charge in [0.2, 0.25) is 0 Å². The van der Waals surface area contributed by atoms with E-state index in [9.17, 15) is 4.79 Å². The van der Waals surface area contributed by atoms with E-state index >= 15 is 0 Å². The van der Waals surface area contributed by atoms with Crippen molar-refractivity contribution >= 4 is 16.7 Å². The van der Waals surface area contributed by atoms with Gasteiger partial charge < -0.3 is 14.8 Å². The Morgan fingerprint density at radius 1 is 0.973 bits per heavy atom. The third-order valence-corrected chi connectivity index (χ3v) is 7.93. The molecule has 0 aromatic heterocycles. The lowest BCUT2D eigenvalue weighted by atomic mass is 9.82. The van der Waals surface area contributed by atoms with E-state index in [0.717, 1.165) is 42.7 Å². The molecular formula is C33H33NO3. The molecule has 188 valence electrons. The minimum absolute atomic E-state index is 0.0158. The van der Waals surface area contributed by atoms with Crippen LogP contribution in [0.3, 0.4) is 0 Å². The topological polar surface area (TPSA) is 47.6 Å². The Morgan fingerprint density at radius 2 is 1.76 bits per heavy atom. The van der Waals surface area contributed by atoms with Gasteiger partial charge in [-0.2, -0.15) is 0 Å². The normalized spacial score (nSPS) is 19.6. The van der Waals surface area contributed by atoms with Crippen LogP contribution >= 0.6 is 0 Å². The number of carbonyl (C=O) groups excluding carboxylic acids is 1. The maximum absolute atomic E-state index is 12.7. The number of benzene rings is 4. The molecule has 0 bridgehead atoms. The van der Waals surface area contributed by atoms with Crippen LogP contribution in [0.5, 0.6) is 5.75 Å². The molecule has 1 N–H and O–H groups in total. The van der Waals surface area contributed by atoms with Gasteiger partial charge in [0, 0.05) is 24.1 Å². The van der Waals surface area contributed by atoms with Crippen molar-refractivity contribution in [3.63, 3.8) is 0 Å². The monoisotopic (exact) mass is 491 g/mol. The molecule has 1 saturated carbocycles. The number of fused-ring (bicyclic) bond motifs is 2. The van der Waals surface area contributed by atoms with Crippen LogP contribution in [-0.2, 0) is 4.74 Å². The van der Waals surface area contributed by atoms with Gasteiger partial charge in [0.05, 0.1) is 12.7 Å². The van der Waals surface area contributed by atoms with Crippen LogP contribution in [0.4, 0.5) is 0 Å². The largest absolute Gasteiger partial charge is 0.489 e. The summed E-state index contributed by atoms with van der Waals surface area (Å²) in [5.41, 5.74) is 5.46. The summed E-state index contributed by atoms with van der Waals surface area (Å²) >= 11 is 0. The van der Waals surface area contributed by atoms with Crippen molar-refractivity contribution in [2.24, 2.45) is 0 Å². The SMILES string of the molecule is COC(=O)c1cc([C@@H]2C[C@H](CNC(C)c3cccc4ccccc34)Oc3ccccc32)ccc1C1CC1. The molecule has 0 amide bonds. The average Bonchev–Trinajstić information content (AvgIpc) is 3.80. The van der Waals surface area contributed by atoms with E-state index in [-0.39, 0.29) is 24.0 Å². The third kappa shape index (κ3) is 4.74. The number of ether oxygens (including phenoxy) is 2. The van der Waals surface area contributed by atoms with Crippen molar-refractivity contribution < 1.29 is 14.3 Å².